The van der Waals surface area contributed by atoms with Crippen molar-refractivity contribution in [2.45, 2.75) is 0 Å². The number of nitrogens with zero attached hydrogens (tertiary/aromatic N) is 1. The first-order valence-corrected chi connectivity index (χ1v) is 7.12. The van der Waals surface area contributed by atoms with Crippen molar-refractivity contribution < 1.29 is 19.2 Å². The highest BCUT2D eigenvalue weighted by Gasteiger charge is 2.23. The van der Waals surface area contributed by atoms with Crippen LogP contribution in [0.5, 0.6) is 5.75 Å². The number of carbonyl (C=O) groups excluding carboxylic acids is 1. The van der Waals surface area contributed by atoms with Crippen molar-refractivity contribution in [1.82, 2.24) is 0 Å². The highest BCUT2D eigenvalue weighted by molar-refractivity contribution is 6.05. The first-order valence-electron chi connectivity index (χ1n) is 7.12. The second-order valence-corrected chi connectivity index (χ2v) is 5.04. The Balaban J connectivity index is 1.95. The van der Waals surface area contributed by atoms with Gasteiger partial charge in [-0.15, -0.1) is 0 Å². The Bertz CT molecular complexity index is 865. The Morgan fingerprint density at radius 1 is 1.12 bits per heavy atom. The maximum absolute atomic E-state index is 12.0. The summed E-state index contributed by atoms with van der Waals surface area (Å²) >= 11 is 0. The van der Waals surface area contributed by atoms with Crippen molar-refractivity contribution in [1.29, 1.82) is 0 Å². The zero-order chi connectivity index (χ0) is 17.1. The van der Waals surface area contributed by atoms with Crippen molar-refractivity contribution in [3.63, 3.8) is 0 Å². The third-order valence-corrected chi connectivity index (χ3v) is 3.54. The SMILES string of the molecule is COc1ccc(C2=C/C(=C/c3ccccc3[N+](=O)[O-])C(=O)O2)cc1. The largest absolute Gasteiger partial charge is 0.497 e. The van der Waals surface area contributed by atoms with E-state index in [4.69, 9.17) is 9.47 Å². The van der Waals surface area contributed by atoms with E-state index >= 15 is 0 Å². The first-order chi connectivity index (χ1) is 11.6. The Morgan fingerprint density at radius 3 is 2.50 bits per heavy atom. The van der Waals surface area contributed by atoms with E-state index in [1.165, 1.54) is 12.1 Å². The van der Waals surface area contributed by atoms with Gasteiger partial charge in [0.05, 0.1) is 23.2 Å². The molecule has 0 saturated carbocycles. The monoisotopic (exact) mass is 323 g/mol. The Labute approximate surface area is 137 Å². The second kappa shape index (κ2) is 6.37. The van der Waals surface area contributed by atoms with Crippen LogP contribution in [-0.2, 0) is 9.53 Å². The van der Waals surface area contributed by atoms with Gasteiger partial charge in [-0.3, -0.25) is 10.1 Å². The average Bonchev–Trinajstić information content (AvgIpc) is 2.96. The number of esters is 1. The van der Waals surface area contributed by atoms with Crippen LogP contribution >= 0.6 is 0 Å². The van der Waals surface area contributed by atoms with E-state index in [0.717, 1.165) is 5.56 Å². The van der Waals surface area contributed by atoms with Gasteiger partial charge in [0.1, 0.15) is 11.5 Å². The topological polar surface area (TPSA) is 78.7 Å². The van der Waals surface area contributed by atoms with Crippen LogP contribution in [0.1, 0.15) is 11.1 Å². The minimum Gasteiger partial charge on any atom is -0.497 e. The molecule has 3 rings (SSSR count). The molecule has 0 amide bonds. The predicted molar refractivity (Wildman–Crippen MR) is 88.1 cm³/mol. The Hall–Kier alpha value is -3.41. The zero-order valence-electron chi connectivity index (χ0n) is 12.8. The molecular formula is C18H13NO5. The van der Waals surface area contributed by atoms with Crippen LogP contribution in [0.25, 0.3) is 11.8 Å². The minimum atomic E-state index is -0.543. The molecule has 1 aliphatic heterocycles. The number of ether oxygens (including phenoxy) is 2. The van der Waals surface area contributed by atoms with Crippen LogP contribution in [-0.4, -0.2) is 18.0 Å². The summed E-state index contributed by atoms with van der Waals surface area (Å²) in [5.74, 6) is 0.547. The maximum atomic E-state index is 12.0. The van der Waals surface area contributed by atoms with Crippen LogP contribution in [0.3, 0.4) is 0 Å². The molecule has 6 heteroatoms. The molecule has 0 unspecified atom stereocenters. The molecule has 2 aromatic carbocycles. The van der Waals surface area contributed by atoms with Gasteiger partial charge in [-0.2, -0.15) is 0 Å². The van der Waals surface area contributed by atoms with Gasteiger partial charge in [0, 0.05) is 11.6 Å². The highest BCUT2D eigenvalue weighted by Crippen LogP contribution is 2.30. The third kappa shape index (κ3) is 3.03. The lowest BCUT2D eigenvalue weighted by Crippen LogP contribution is -1.98. The molecule has 0 N–H and O–H groups in total. The smallest absolute Gasteiger partial charge is 0.343 e. The molecule has 1 heterocycles. The van der Waals surface area contributed by atoms with Gasteiger partial charge in [0.25, 0.3) is 5.69 Å². The number of cyclic esters (lactones) is 1. The summed E-state index contributed by atoms with van der Waals surface area (Å²) in [6.07, 6.45) is 3.03. The van der Waals surface area contributed by atoms with Crippen LogP contribution in [0.2, 0.25) is 0 Å². The predicted octanol–water partition coefficient (Wildman–Crippen LogP) is 3.58. The van der Waals surface area contributed by atoms with E-state index in [9.17, 15) is 14.9 Å². The molecule has 0 fully saturated rings. The number of rotatable bonds is 4. The molecular weight excluding hydrogens is 310 g/mol. The molecule has 6 nitrogen and oxygen atoms in total. The first kappa shape index (κ1) is 15.5. The molecule has 0 spiro atoms. The summed E-state index contributed by atoms with van der Waals surface area (Å²) in [6, 6.07) is 13.3. The van der Waals surface area contributed by atoms with Crippen molar-refractivity contribution in [3.8, 4) is 5.75 Å². The van der Waals surface area contributed by atoms with E-state index in [1.807, 2.05) is 0 Å². The highest BCUT2D eigenvalue weighted by atomic mass is 16.6. The normalized spacial score (nSPS) is 15.1. The lowest BCUT2D eigenvalue weighted by molar-refractivity contribution is -0.385. The van der Waals surface area contributed by atoms with Crippen molar-refractivity contribution in [2.75, 3.05) is 7.11 Å². The van der Waals surface area contributed by atoms with Gasteiger partial charge in [0.15, 0.2) is 0 Å². The van der Waals surface area contributed by atoms with Crippen LogP contribution in [0.4, 0.5) is 5.69 Å². The van der Waals surface area contributed by atoms with Crippen LogP contribution < -0.4 is 4.74 Å². The number of carbonyl (C=O) groups is 1. The lowest BCUT2D eigenvalue weighted by Gasteiger charge is -2.03. The lowest BCUT2D eigenvalue weighted by atomic mass is 10.1. The van der Waals surface area contributed by atoms with Gasteiger partial charge in [0.2, 0.25) is 0 Å². The zero-order valence-corrected chi connectivity index (χ0v) is 12.8. The standard InChI is InChI=1S/C18H13NO5/c1-23-15-8-6-12(7-9-15)17-11-14(18(20)24-17)10-13-4-2-3-5-16(13)19(21)22/h2-11H,1H3/b14-10-. The summed E-state index contributed by atoms with van der Waals surface area (Å²) < 4.78 is 10.3. The molecule has 0 bridgehead atoms. The number of hydrogen-bond acceptors (Lipinski definition) is 5. The van der Waals surface area contributed by atoms with Crippen molar-refractivity contribution in [2.24, 2.45) is 0 Å². The minimum absolute atomic E-state index is 0.0657. The molecule has 1 aliphatic rings. The molecule has 120 valence electrons. The maximum Gasteiger partial charge on any atom is 0.343 e. The van der Waals surface area contributed by atoms with E-state index < -0.39 is 10.9 Å². The number of nitro benzene ring substituents is 1. The number of benzene rings is 2. The van der Waals surface area contributed by atoms with Crippen molar-refractivity contribution in [3.05, 3.63) is 81.4 Å². The van der Waals surface area contributed by atoms with Gasteiger partial charge in [-0.1, -0.05) is 12.1 Å². The summed E-state index contributed by atoms with van der Waals surface area (Å²) in [6.45, 7) is 0. The van der Waals surface area contributed by atoms with Crippen molar-refractivity contribution >= 4 is 23.5 Å². The molecule has 0 aliphatic carbocycles. The molecule has 0 atom stereocenters. The fourth-order valence-electron chi connectivity index (χ4n) is 2.33. The van der Waals surface area contributed by atoms with E-state index in [-0.39, 0.29) is 11.3 Å². The molecule has 0 radical (unpaired) electrons. The fourth-order valence-corrected chi connectivity index (χ4v) is 2.33. The summed E-state index contributed by atoms with van der Waals surface area (Å²) in [7, 11) is 1.57. The van der Waals surface area contributed by atoms with Crippen LogP contribution in [0, 0.1) is 10.1 Å². The summed E-state index contributed by atoms with van der Waals surface area (Å²) in [5.41, 5.74) is 1.26. The fraction of sp³-hybridized carbons (Fsp3) is 0.0556. The average molecular weight is 323 g/mol. The summed E-state index contributed by atoms with van der Waals surface area (Å²) in [5, 5.41) is 11.1. The number of para-hydroxylation sites is 1. The Morgan fingerprint density at radius 2 is 1.83 bits per heavy atom. The molecule has 0 saturated heterocycles. The van der Waals surface area contributed by atoms with Crippen LogP contribution in [0.15, 0.2) is 60.2 Å². The molecule has 2 aromatic rings. The quantitative estimate of drug-likeness (QED) is 0.372. The number of nitro groups is 1. The third-order valence-electron chi connectivity index (χ3n) is 3.54. The van der Waals surface area contributed by atoms with Gasteiger partial charge in [-0.25, -0.2) is 4.79 Å². The van der Waals surface area contributed by atoms with Gasteiger partial charge >= 0.3 is 5.97 Å². The number of methoxy groups -OCH3 is 1. The molecule has 0 aromatic heterocycles. The molecule has 24 heavy (non-hydrogen) atoms. The second-order valence-electron chi connectivity index (χ2n) is 5.04. The Kier molecular flexibility index (Phi) is 4.11. The van der Waals surface area contributed by atoms with E-state index in [0.29, 0.717) is 17.1 Å². The summed E-state index contributed by atoms with van der Waals surface area (Å²) in [4.78, 5) is 22.6. The van der Waals surface area contributed by atoms with E-state index in [2.05, 4.69) is 0 Å². The van der Waals surface area contributed by atoms with E-state index in [1.54, 1.807) is 55.7 Å². The number of hydrogen-bond donors (Lipinski definition) is 0. The van der Waals surface area contributed by atoms with Gasteiger partial charge in [-0.05, 0) is 42.5 Å². The van der Waals surface area contributed by atoms with Gasteiger partial charge < -0.3 is 9.47 Å².